The predicted molar refractivity (Wildman–Crippen MR) is 85.4 cm³/mol. The number of amides is 5. The molecule has 7 nitrogen and oxygen atoms in total. The Morgan fingerprint density at radius 3 is 2.26 bits per heavy atom. The van der Waals surface area contributed by atoms with E-state index in [0.29, 0.717) is 0 Å². The van der Waals surface area contributed by atoms with Crippen molar-refractivity contribution in [2.75, 3.05) is 18.6 Å². The van der Waals surface area contributed by atoms with Crippen molar-refractivity contribution in [3.05, 3.63) is 28.2 Å². The van der Waals surface area contributed by atoms with Gasteiger partial charge in [0.2, 0.25) is 0 Å². The van der Waals surface area contributed by atoms with Gasteiger partial charge in [0.25, 0.3) is 5.91 Å². The molecule has 1 heterocycles. The summed E-state index contributed by atoms with van der Waals surface area (Å²) < 4.78 is 0. The first-order valence-corrected chi connectivity index (χ1v) is 7.49. The fourth-order valence-corrected chi connectivity index (χ4v) is 2.72. The van der Waals surface area contributed by atoms with Gasteiger partial charge >= 0.3 is 12.1 Å². The van der Waals surface area contributed by atoms with Crippen LogP contribution in [0.4, 0.5) is 15.3 Å². The Balaban J connectivity index is 2.31. The van der Waals surface area contributed by atoms with Gasteiger partial charge in [0.1, 0.15) is 6.54 Å². The van der Waals surface area contributed by atoms with Crippen LogP contribution in [-0.4, -0.2) is 47.6 Å². The van der Waals surface area contributed by atoms with Gasteiger partial charge in [-0.2, -0.15) is 0 Å². The van der Waals surface area contributed by atoms with Crippen LogP contribution in [0.15, 0.2) is 18.2 Å². The first kappa shape index (κ1) is 17.5. The Kier molecular flexibility index (Phi) is 5.13. The van der Waals surface area contributed by atoms with Crippen molar-refractivity contribution in [2.45, 2.75) is 19.9 Å². The van der Waals surface area contributed by atoms with Crippen LogP contribution in [0.3, 0.4) is 0 Å². The molecule has 0 spiro atoms. The highest BCUT2D eigenvalue weighted by Gasteiger charge is 2.43. The van der Waals surface area contributed by atoms with E-state index in [-0.39, 0.29) is 28.3 Å². The van der Waals surface area contributed by atoms with Crippen LogP contribution in [0.25, 0.3) is 0 Å². The largest absolute Gasteiger partial charge is 0.352 e. The Hall–Kier alpha value is -1.83. The zero-order valence-electron chi connectivity index (χ0n) is 12.7. The summed E-state index contributed by atoms with van der Waals surface area (Å²) in [6.45, 7) is 3.06. The molecule has 0 unspecified atom stereocenters. The van der Waals surface area contributed by atoms with Crippen LogP contribution >= 0.6 is 23.2 Å². The van der Waals surface area contributed by atoms with E-state index in [1.54, 1.807) is 13.8 Å². The van der Waals surface area contributed by atoms with Crippen LogP contribution in [-0.2, 0) is 9.63 Å². The number of hydrogen-bond donors (Lipinski definition) is 0. The molecule has 1 aliphatic heterocycles. The van der Waals surface area contributed by atoms with E-state index in [9.17, 15) is 14.4 Å². The van der Waals surface area contributed by atoms with Crippen molar-refractivity contribution < 1.29 is 19.2 Å². The summed E-state index contributed by atoms with van der Waals surface area (Å²) in [5.41, 5.74) is 0.210. The summed E-state index contributed by atoms with van der Waals surface area (Å²) in [5.74, 6) is -0.554. The Morgan fingerprint density at radius 1 is 1.22 bits per heavy atom. The molecule has 0 saturated carbocycles. The zero-order valence-corrected chi connectivity index (χ0v) is 14.3. The van der Waals surface area contributed by atoms with Gasteiger partial charge in [0.15, 0.2) is 0 Å². The molecule has 1 saturated heterocycles. The number of anilines is 1. The Labute approximate surface area is 143 Å². The van der Waals surface area contributed by atoms with Crippen molar-refractivity contribution >= 4 is 46.9 Å². The lowest BCUT2D eigenvalue weighted by molar-refractivity contribution is -0.120. The average Bonchev–Trinajstić information content (AvgIpc) is 2.73. The number of hydrogen-bond acceptors (Lipinski definition) is 4. The lowest BCUT2D eigenvalue weighted by atomic mass is 10.3. The average molecular weight is 360 g/mol. The molecule has 0 atom stereocenters. The molecule has 1 aliphatic rings. The van der Waals surface area contributed by atoms with E-state index < -0.39 is 18.0 Å². The fourth-order valence-electron chi connectivity index (χ4n) is 2.20. The summed E-state index contributed by atoms with van der Waals surface area (Å²) in [6, 6.07) is 2.54. The molecule has 0 bridgehead atoms. The van der Waals surface area contributed by atoms with Crippen LogP contribution < -0.4 is 4.90 Å². The number of imide groups is 2. The molecule has 23 heavy (non-hydrogen) atoms. The van der Waals surface area contributed by atoms with Crippen LogP contribution in [0.5, 0.6) is 0 Å². The van der Waals surface area contributed by atoms with Crippen LogP contribution in [0.2, 0.25) is 10.0 Å². The van der Waals surface area contributed by atoms with Gasteiger partial charge in [-0.15, -0.1) is 0 Å². The van der Waals surface area contributed by atoms with E-state index in [0.717, 1.165) is 14.9 Å². The van der Waals surface area contributed by atoms with Gasteiger partial charge in [0, 0.05) is 10.0 Å². The fraction of sp³-hybridized carbons (Fsp3) is 0.357. The van der Waals surface area contributed by atoms with E-state index >= 15 is 0 Å². The summed E-state index contributed by atoms with van der Waals surface area (Å²) in [5, 5.41) is 1.57. The van der Waals surface area contributed by atoms with Gasteiger partial charge in [0.05, 0.1) is 18.8 Å². The maximum absolute atomic E-state index is 12.5. The number of carbonyl (C=O) groups is 3. The van der Waals surface area contributed by atoms with E-state index in [2.05, 4.69) is 0 Å². The molecule has 9 heteroatoms. The quantitative estimate of drug-likeness (QED) is 0.613. The standard InChI is InChI=1S/C14H15Cl2N3O4/c1-8(2)19(23-3)14(22)17-7-12(20)18(13(17)21)11-5-9(15)4-10(16)6-11/h4-6,8H,7H2,1-3H3. The monoisotopic (exact) mass is 359 g/mol. The molecule has 5 amide bonds. The lowest BCUT2D eigenvalue weighted by Gasteiger charge is -2.27. The van der Waals surface area contributed by atoms with Gasteiger partial charge in [-0.05, 0) is 32.0 Å². The molecule has 0 radical (unpaired) electrons. The Bertz CT molecular complexity index is 645. The molecule has 0 N–H and O–H groups in total. The van der Waals surface area contributed by atoms with E-state index in [1.165, 1.54) is 25.3 Å². The molecule has 2 rings (SSSR count). The number of benzene rings is 1. The smallest absolute Gasteiger partial charge is 0.273 e. The summed E-state index contributed by atoms with van der Waals surface area (Å²) in [7, 11) is 1.31. The molecule has 0 aliphatic carbocycles. The number of urea groups is 2. The van der Waals surface area contributed by atoms with Crippen LogP contribution in [0, 0.1) is 0 Å². The molecule has 124 valence electrons. The highest BCUT2D eigenvalue weighted by atomic mass is 35.5. The third kappa shape index (κ3) is 3.41. The number of rotatable bonds is 3. The minimum Gasteiger partial charge on any atom is -0.273 e. The van der Waals surface area contributed by atoms with E-state index in [4.69, 9.17) is 28.0 Å². The maximum atomic E-state index is 12.5. The number of hydroxylamine groups is 2. The molecule has 1 fully saturated rings. The van der Waals surface area contributed by atoms with Crippen molar-refractivity contribution in [2.24, 2.45) is 0 Å². The molecular formula is C14H15Cl2N3O4. The summed E-state index contributed by atoms with van der Waals surface area (Å²) in [6.07, 6.45) is 0. The number of nitrogens with zero attached hydrogens (tertiary/aromatic N) is 3. The second-order valence-corrected chi connectivity index (χ2v) is 5.98. The highest BCUT2D eigenvalue weighted by Crippen LogP contribution is 2.29. The third-order valence-corrected chi connectivity index (χ3v) is 3.59. The highest BCUT2D eigenvalue weighted by molar-refractivity contribution is 6.35. The van der Waals surface area contributed by atoms with Gasteiger partial charge < -0.3 is 0 Å². The van der Waals surface area contributed by atoms with Crippen LogP contribution in [0.1, 0.15) is 13.8 Å². The summed E-state index contributed by atoms with van der Waals surface area (Å²) >= 11 is 11.8. The molecule has 1 aromatic rings. The minimum atomic E-state index is -0.777. The maximum Gasteiger partial charge on any atom is 0.352 e. The van der Waals surface area contributed by atoms with E-state index in [1.807, 2.05) is 0 Å². The van der Waals surface area contributed by atoms with Crippen molar-refractivity contribution in [3.63, 3.8) is 0 Å². The number of carbonyl (C=O) groups excluding carboxylic acids is 3. The molecule has 0 aromatic heterocycles. The third-order valence-electron chi connectivity index (χ3n) is 3.16. The molecular weight excluding hydrogens is 345 g/mol. The Morgan fingerprint density at radius 2 is 1.78 bits per heavy atom. The van der Waals surface area contributed by atoms with Gasteiger partial charge in [-0.1, -0.05) is 23.2 Å². The minimum absolute atomic E-state index is 0.210. The molecule has 1 aromatic carbocycles. The first-order valence-electron chi connectivity index (χ1n) is 6.74. The second-order valence-electron chi connectivity index (χ2n) is 5.11. The normalized spacial score (nSPS) is 14.9. The zero-order chi connectivity index (χ0) is 17.3. The SMILES string of the molecule is CON(C(=O)N1CC(=O)N(c2cc(Cl)cc(Cl)c2)C1=O)C(C)C. The van der Waals surface area contributed by atoms with Crippen molar-refractivity contribution in [3.8, 4) is 0 Å². The van der Waals surface area contributed by atoms with Gasteiger partial charge in [-0.25, -0.2) is 24.5 Å². The van der Waals surface area contributed by atoms with Gasteiger partial charge in [-0.3, -0.25) is 9.63 Å². The van der Waals surface area contributed by atoms with Crippen molar-refractivity contribution in [1.29, 1.82) is 0 Å². The van der Waals surface area contributed by atoms with Crippen molar-refractivity contribution in [1.82, 2.24) is 9.96 Å². The topological polar surface area (TPSA) is 70.2 Å². The first-order chi connectivity index (χ1) is 10.8. The lowest BCUT2D eigenvalue weighted by Crippen LogP contribution is -2.47. The summed E-state index contributed by atoms with van der Waals surface area (Å²) in [4.78, 5) is 43.6. The number of halogens is 2. The predicted octanol–water partition coefficient (Wildman–Crippen LogP) is 3.15. The second kappa shape index (κ2) is 6.74.